The van der Waals surface area contributed by atoms with Crippen LogP contribution in [0.2, 0.25) is 0 Å². The maximum Gasteiger partial charge on any atom is 0.333 e. The summed E-state index contributed by atoms with van der Waals surface area (Å²) >= 11 is 0. The molecular weight excluding hydrogens is 270 g/mol. The number of rotatable bonds is 12. The molecule has 0 aliphatic carbocycles. The molecule has 0 atom stereocenters. The van der Waals surface area contributed by atoms with Gasteiger partial charge in [0.25, 0.3) is 0 Å². The molecule has 0 rings (SSSR count). The minimum Gasteiger partial charge on any atom is -0.460 e. The van der Waals surface area contributed by atoms with Crippen LogP contribution in [0.25, 0.3) is 0 Å². The summed E-state index contributed by atoms with van der Waals surface area (Å²) in [5.41, 5.74) is 0.544. The lowest BCUT2D eigenvalue weighted by Gasteiger charge is -2.18. The van der Waals surface area contributed by atoms with Crippen LogP contribution in [0.15, 0.2) is 23.9 Å². The predicted molar refractivity (Wildman–Crippen MR) is 83.9 cm³/mol. The molecule has 0 aliphatic heterocycles. The summed E-state index contributed by atoms with van der Waals surface area (Å²) in [4.78, 5) is 13.7. The van der Waals surface area contributed by atoms with E-state index >= 15 is 0 Å². The molecule has 5 heteroatoms. The highest BCUT2D eigenvalue weighted by molar-refractivity contribution is 5.88. The first-order chi connectivity index (χ1) is 10.2. The summed E-state index contributed by atoms with van der Waals surface area (Å²) in [6.45, 7) is 8.68. The Morgan fingerprint density at radius 1 is 1.24 bits per heavy atom. The van der Waals surface area contributed by atoms with E-state index in [-0.39, 0.29) is 19.2 Å². The fraction of sp³-hybridized carbons (Fsp3) is 0.688. The van der Waals surface area contributed by atoms with Crippen LogP contribution in [0.5, 0.6) is 0 Å². The zero-order valence-corrected chi connectivity index (χ0v) is 13.5. The SMILES string of the molecule is CCCCN(/C=C/C=C(\C)C(=O)OCCOCC)CCO. The third-order valence-corrected chi connectivity index (χ3v) is 2.82. The Kier molecular flexibility index (Phi) is 12.8. The monoisotopic (exact) mass is 299 g/mol. The number of esters is 1. The van der Waals surface area contributed by atoms with Crippen LogP contribution in [0.1, 0.15) is 33.6 Å². The lowest BCUT2D eigenvalue weighted by molar-refractivity contribution is -0.140. The summed E-state index contributed by atoms with van der Waals surface area (Å²) in [5.74, 6) is -0.332. The molecule has 0 amide bonds. The first-order valence-corrected chi connectivity index (χ1v) is 7.60. The van der Waals surface area contributed by atoms with E-state index in [9.17, 15) is 4.79 Å². The third-order valence-electron chi connectivity index (χ3n) is 2.82. The van der Waals surface area contributed by atoms with E-state index in [0.29, 0.717) is 25.3 Å². The molecule has 0 fully saturated rings. The van der Waals surface area contributed by atoms with Crippen molar-refractivity contribution in [3.8, 4) is 0 Å². The first-order valence-electron chi connectivity index (χ1n) is 7.60. The van der Waals surface area contributed by atoms with Gasteiger partial charge in [-0.15, -0.1) is 0 Å². The summed E-state index contributed by atoms with van der Waals surface area (Å²) in [6.07, 6.45) is 7.61. The highest BCUT2D eigenvalue weighted by Crippen LogP contribution is 2.00. The van der Waals surface area contributed by atoms with Gasteiger partial charge in [-0.25, -0.2) is 4.79 Å². The third kappa shape index (κ3) is 11.0. The van der Waals surface area contributed by atoms with E-state index in [1.54, 1.807) is 13.0 Å². The minimum absolute atomic E-state index is 0.121. The fourth-order valence-electron chi connectivity index (χ4n) is 1.58. The van der Waals surface area contributed by atoms with Crippen molar-refractivity contribution in [3.05, 3.63) is 23.9 Å². The van der Waals surface area contributed by atoms with Gasteiger partial charge in [-0.2, -0.15) is 0 Å². The van der Waals surface area contributed by atoms with Crippen molar-refractivity contribution in [3.63, 3.8) is 0 Å². The normalized spacial score (nSPS) is 11.9. The van der Waals surface area contributed by atoms with E-state index in [1.165, 1.54) is 0 Å². The van der Waals surface area contributed by atoms with Gasteiger partial charge >= 0.3 is 5.97 Å². The van der Waals surface area contributed by atoms with Gasteiger partial charge in [0, 0.05) is 25.3 Å². The van der Waals surface area contributed by atoms with Crippen molar-refractivity contribution >= 4 is 5.97 Å². The molecule has 0 radical (unpaired) electrons. The molecule has 21 heavy (non-hydrogen) atoms. The number of allylic oxidation sites excluding steroid dienone is 2. The molecular formula is C16H29NO4. The van der Waals surface area contributed by atoms with Gasteiger partial charge in [-0.1, -0.05) is 19.4 Å². The Balaban J connectivity index is 4.20. The van der Waals surface area contributed by atoms with Crippen molar-refractivity contribution in [1.29, 1.82) is 0 Å². The average Bonchev–Trinajstić information content (AvgIpc) is 2.48. The average molecular weight is 299 g/mol. The number of nitrogens with zero attached hydrogens (tertiary/aromatic N) is 1. The Labute approximate surface area is 128 Å². The van der Waals surface area contributed by atoms with Gasteiger partial charge in [-0.3, -0.25) is 0 Å². The van der Waals surface area contributed by atoms with Gasteiger partial charge in [-0.05, 0) is 32.5 Å². The van der Waals surface area contributed by atoms with E-state index < -0.39 is 0 Å². The van der Waals surface area contributed by atoms with Gasteiger partial charge in [0.05, 0.1) is 13.2 Å². The topological polar surface area (TPSA) is 59.0 Å². The van der Waals surface area contributed by atoms with Crippen molar-refractivity contribution < 1.29 is 19.4 Å². The molecule has 1 N–H and O–H groups in total. The van der Waals surface area contributed by atoms with Crippen molar-refractivity contribution in [1.82, 2.24) is 4.90 Å². The lowest BCUT2D eigenvalue weighted by atomic mass is 10.3. The lowest BCUT2D eigenvalue weighted by Crippen LogP contribution is -2.22. The Hall–Kier alpha value is -1.33. The van der Waals surface area contributed by atoms with Gasteiger partial charge in [0.15, 0.2) is 0 Å². The summed E-state index contributed by atoms with van der Waals surface area (Å²) < 4.78 is 10.2. The first kappa shape index (κ1) is 19.7. The molecule has 0 aromatic heterocycles. The van der Waals surface area contributed by atoms with E-state index in [1.807, 2.05) is 24.1 Å². The molecule has 0 aromatic rings. The Morgan fingerprint density at radius 2 is 2.00 bits per heavy atom. The largest absolute Gasteiger partial charge is 0.460 e. The number of unbranched alkanes of at least 4 members (excludes halogenated alkanes) is 1. The predicted octanol–water partition coefficient (Wildman–Crippen LogP) is 2.12. The van der Waals surface area contributed by atoms with Crippen molar-refractivity contribution in [2.24, 2.45) is 0 Å². The number of carbonyl (C=O) groups excluding carboxylic acids is 1. The van der Waals surface area contributed by atoms with Gasteiger partial charge in [0.1, 0.15) is 6.61 Å². The second-order valence-electron chi connectivity index (χ2n) is 4.64. The van der Waals surface area contributed by atoms with Gasteiger partial charge in [0.2, 0.25) is 0 Å². The van der Waals surface area contributed by atoms with Crippen LogP contribution in [-0.4, -0.2) is 55.5 Å². The van der Waals surface area contributed by atoms with Crippen molar-refractivity contribution in [2.45, 2.75) is 33.6 Å². The maximum atomic E-state index is 11.6. The quantitative estimate of drug-likeness (QED) is 0.259. The zero-order chi connectivity index (χ0) is 15.9. The summed E-state index contributed by atoms with van der Waals surface area (Å²) in [5, 5.41) is 9.00. The zero-order valence-electron chi connectivity index (χ0n) is 13.5. The number of ether oxygens (including phenoxy) is 2. The van der Waals surface area contributed by atoms with Crippen LogP contribution in [0.3, 0.4) is 0 Å². The molecule has 122 valence electrons. The number of hydrogen-bond acceptors (Lipinski definition) is 5. The Morgan fingerprint density at radius 3 is 2.62 bits per heavy atom. The fourth-order valence-corrected chi connectivity index (χ4v) is 1.58. The van der Waals surface area contributed by atoms with E-state index in [0.717, 1.165) is 19.4 Å². The second kappa shape index (κ2) is 13.6. The summed E-state index contributed by atoms with van der Waals surface area (Å²) in [6, 6.07) is 0. The van der Waals surface area contributed by atoms with Crippen LogP contribution in [0.4, 0.5) is 0 Å². The van der Waals surface area contributed by atoms with E-state index in [4.69, 9.17) is 14.6 Å². The number of carbonyl (C=O) groups is 1. The molecule has 0 unspecified atom stereocenters. The molecule has 5 nitrogen and oxygen atoms in total. The Bertz CT molecular complexity index is 326. The standard InChI is InChI=1S/C16H29NO4/c1-4-6-9-17(11-12-18)10-7-8-15(3)16(19)21-14-13-20-5-2/h7-8,10,18H,4-6,9,11-14H2,1-3H3/b10-7+,15-8+. The molecule has 0 heterocycles. The van der Waals surface area contributed by atoms with Crippen LogP contribution >= 0.6 is 0 Å². The number of aliphatic hydroxyl groups excluding tert-OH is 1. The second-order valence-corrected chi connectivity index (χ2v) is 4.64. The molecule has 0 saturated carbocycles. The smallest absolute Gasteiger partial charge is 0.333 e. The van der Waals surface area contributed by atoms with Crippen LogP contribution in [0, 0.1) is 0 Å². The molecule has 0 saturated heterocycles. The molecule has 0 bridgehead atoms. The number of aliphatic hydroxyl groups is 1. The molecule has 0 aromatic carbocycles. The maximum absolute atomic E-state index is 11.6. The highest BCUT2D eigenvalue weighted by Gasteiger charge is 2.04. The van der Waals surface area contributed by atoms with Crippen LogP contribution < -0.4 is 0 Å². The van der Waals surface area contributed by atoms with E-state index in [2.05, 4.69) is 6.92 Å². The van der Waals surface area contributed by atoms with Crippen LogP contribution in [-0.2, 0) is 14.3 Å². The summed E-state index contributed by atoms with van der Waals surface area (Å²) in [7, 11) is 0. The molecule has 0 spiro atoms. The van der Waals surface area contributed by atoms with Crippen molar-refractivity contribution in [2.75, 3.05) is 39.5 Å². The number of hydrogen-bond donors (Lipinski definition) is 1. The minimum atomic E-state index is -0.332. The molecule has 0 aliphatic rings. The van der Waals surface area contributed by atoms with Gasteiger partial charge < -0.3 is 19.5 Å². The highest BCUT2D eigenvalue weighted by atomic mass is 16.6.